The highest BCUT2D eigenvalue weighted by Gasteiger charge is 2.31. The summed E-state index contributed by atoms with van der Waals surface area (Å²) in [5.74, 6) is -1.97. The molecule has 0 unspecified atom stereocenters. The normalized spacial score (nSPS) is 13.4. The molecule has 5 N–H and O–H groups in total. The predicted molar refractivity (Wildman–Crippen MR) is 130 cm³/mol. The van der Waals surface area contributed by atoms with Gasteiger partial charge in [0.2, 0.25) is 5.91 Å². The maximum atomic E-state index is 13.0. The highest BCUT2D eigenvalue weighted by molar-refractivity contribution is 5.95. The molecule has 3 aromatic carbocycles. The van der Waals surface area contributed by atoms with Crippen molar-refractivity contribution in [1.82, 2.24) is 10.6 Å². The van der Waals surface area contributed by atoms with E-state index in [-0.39, 0.29) is 6.42 Å². The van der Waals surface area contributed by atoms with Gasteiger partial charge in [0.1, 0.15) is 6.04 Å². The van der Waals surface area contributed by atoms with Crippen LogP contribution >= 0.6 is 0 Å². The van der Waals surface area contributed by atoms with Crippen LogP contribution in [0.2, 0.25) is 0 Å². The van der Waals surface area contributed by atoms with Crippen LogP contribution in [0.5, 0.6) is 0 Å². The largest absolute Gasteiger partial charge is 0.381 e. The molecule has 0 radical (unpaired) electrons. The lowest BCUT2D eigenvalue weighted by Gasteiger charge is -2.26. The average Bonchev–Trinajstić information content (AvgIpc) is 2.84. The smallest absolute Gasteiger partial charge is 0.252 e. The van der Waals surface area contributed by atoms with E-state index in [0.717, 1.165) is 16.7 Å². The number of aliphatic hydroxyl groups is 1. The van der Waals surface area contributed by atoms with E-state index in [9.17, 15) is 19.5 Å². The first-order valence-electron chi connectivity index (χ1n) is 11.0. The van der Waals surface area contributed by atoms with Crippen molar-refractivity contribution in [2.24, 2.45) is 5.73 Å². The molecule has 0 bridgehead atoms. The summed E-state index contributed by atoms with van der Waals surface area (Å²) in [4.78, 5) is 37.8. The third-order valence-corrected chi connectivity index (χ3v) is 5.74. The van der Waals surface area contributed by atoms with Gasteiger partial charge in [-0.1, -0.05) is 66.7 Å². The Kier molecular flexibility index (Phi) is 8.16. The number of benzene rings is 3. The number of primary amides is 1. The van der Waals surface area contributed by atoms with Crippen molar-refractivity contribution in [2.75, 3.05) is 0 Å². The van der Waals surface area contributed by atoms with Crippen LogP contribution in [-0.4, -0.2) is 35.0 Å². The lowest BCUT2D eigenvalue weighted by molar-refractivity contribution is -0.134. The molecule has 176 valence electrons. The van der Waals surface area contributed by atoms with E-state index < -0.39 is 35.9 Å². The van der Waals surface area contributed by atoms with E-state index in [1.54, 1.807) is 60.7 Å². The predicted octanol–water partition coefficient (Wildman–Crippen LogP) is 2.35. The second kappa shape index (κ2) is 11.2. The molecule has 0 aliphatic rings. The Labute approximate surface area is 199 Å². The Hall–Kier alpha value is -3.97. The molecule has 3 rings (SSSR count). The number of amides is 3. The molecule has 7 heteroatoms. The van der Waals surface area contributed by atoms with Crippen LogP contribution in [0, 0.1) is 13.8 Å². The van der Waals surface area contributed by atoms with E-state index in [0.29, 0.717) is 11.1 Å². The molecule has 0 aromatic heterocycles. The summed E-state index contributed by atoms with van der Waals surface area (Å²) in [6.45, 7) is 3.94. The number of aliphatic hydroxyl groups excluding tert-OH is 1. The molecule has 0 spiro atoms. The Morgan fingerprint density at radius 3 is 2.06 bits per heavy atom. The fraction of sp³-hybridized carbons (Fsp3) is 0.222. The van der Waals surface area contributed by atoms with Crippen LogP contribution in [0.15, 0.2) is 78.9 Å². The van der Waals surface area contributed by atoms with Crippen molar-refractivity contribution in [1.29, 1.82) is 0 Å². The van der Waals surface area contributed by atoms with Gasteiger partial charge in [0.25, 0.3) is 11.8 Å². The number of carbonyl (C=O) groups is 3. The van der Waals surface area contributed by atoms with Gasteiger partial charge in [0, 0.05) is 12.0 Å². The minimum absolute atomic E-state index is 0.182. The summed E-state index contributed by atoms with van der Waals surface area (Å²) >= 11 is 0. The highest BCUT2D eigenvalue weighted by atomic mass is 16.3. The molecule has 0 fully saturated rings. The van der Waals surface area contributed by atoms with Crippen molar-refractivity contribution in [2.45, 2.75) is 38.5 Å². The number of hydrogen-bond acceptors (Lipinski definition) is 4. The van der Waals surface area contributed by atoms with Gasteiger partial charge < -0.3 is 21.5 Å². The number of carbonyl (C=O) groups excluding carboxylic acids is 3. The van der Waals surface area contributed by atoms with E-state index in [4.69, 9.17) is 5.73 Å². The Bertz CT molecular complexity index is 1150. The number of nitrogens with one attached hydrogen (secondary N) is 2. The third-order valence-electron chi connectivity index (χ3n) is 5.74. The summed E-state index contributed by atoms with van der Waals surface area (Å²) in [5, 5.41) is 16.2. The zero-order valence-electron chi connectivity index (χ0n) is 19.2. The van der Waals surface area contributed by atoms with Gasteiger partial charge >= 0.3 is 0 Å². The first-order valence-corrected chi connectivity index (χ1v) is 11.0. The first-order chi connectivity index (χ1) is 16.3. The number of hydrogen-bond donors (Lipinski definition) is 4. The van der Waals surface area contributed by atoms with Gasteiger partial charge in [-0.2, -0.15) is 0 Å². The van der Waals surface area contributed by atoms with Gasteiger partial charge in [0.05, 0.1) is 6.04 Å². The second-order valence-electron chi connectivity index (χ2n) is 8.26. The summed E-state index contributed by atoms with van der Waals surface area (Å²) < 4.78 is 0. The van der Waals surface area contributed by atoms with Crippen molar-refractivity contribution in [3.8, 4) is 0 Å². The minimum Gasteiger partial charge on any atom is -0.381 e. The lowest BCUT2D eigenvalue weighted by Crippen LogP contribution is -2.52. The van der Waals surface area contributed by atoms with Crippen LogP contribution < -0.4 is 16.4 Å². The Morgan fingerprint density at radius 1 is 0.853 bits per heavy atom. The fourth-order valence-corrected chi connectivity index (χ4v) is 3.62. The molecular formula is C27H29N3O4. The summed E-state index contributed by atoms with van der Waals surface area (Å²) in [6, 6.07) is 20.9. The van der Waals surface area contributed by atoms with Gasteiger partial charge in [0.15, 0.2) is 6.10 Å². The van der Waals surface area contributed by atoms with Crippen LogP contribution in [0.25, 0.3) is 0 Å². The van der Waals surface area contributed by atoms with E-state index in [1.165, 1.54) is 0 Å². The van der Waals surface area contributed by atoms with Crippen molar-refractivity contribution >= 4 is 17.7 Å². The number of rotatable bonds is 9. The van der Waals surface area contributed by atoms with Crippen LogP contribution in [0.3, 0.4) is 0 Å². The zero-order chi connectivity index (χ0) is 24.7. The van der Waals surface area contributed by atoms with Crippen LogP contribution in [-0.2, 0) is 16.0 Å². The maximum absolute atomic E-state index is 13.0. The molecule has 0 saturated carbocycles. The molecular weight excluding hydrogens is 430 g/mol. The van der Waals surface area contributed by atoms with Gasteiger partial charge in [-0.3, -0.25) is 14.4 Å². The molecule has 7 nitrogen and oxygen atoms in total. The quantitative estimate of drug-likeness (QED) is 0.392. The minimum atomic E-state index is -1.66. The SMILES string of the molecule is Cc1ccc(C[C@@H](NC(=O)[C@H](O)[C@@H](NC(=O)c2ccccc2)c2ccccc2)C(N)=O)cc1C. The topological polar surface area (TPSA) is 122 Å². The molecule has 0 aliphatic carbocycles. The van der Waals surface area contributed by atoms with Crippen LogP contribution in [0.1, 0.15) is 38.7 Å². The molecule has 3 aromatic rings. The van der Waals surface area contributed by atoms with Gasteiger partial charge in [-0.25, -0.2) is 0 Å². The Balaban J connectivity index is 1.79. The maximum Gasteiger partial charge on any atom is 0.252 e. The monoisotopic (exact) mass is 459 g/mol. The van der Waals surface area contributed by atoms with Gasteiger partial charge in [-0.15, -0.1) is 0 Å². The van der Waals surface area contributed by atoms with Gasteiger partial charge in [-0.05, 0) is 48.2 Å². The lowest BCUT2D eigenvalue weighted by atomic mass is 9.98. The second-order valence-corrected chi connectivity index (χ2v) is 8.26. The first kappa shape index (κ1) is 24.7. The van der Waals surface area contributed by atoms with Crippen molar-refractivity contribution in [3.05, 3.63) is 107 Å². The van der Waals surface area contributed by atoms with Crippen LogP contribution in [0.4, 0.5) is 0 Å². The Morgan fingerprint density at radius 2 is 1.47 bits per heavy atom. The summed E-state index contributed by atoms with van der Waals surface area (Å²) in [6.07, 6.45) is -1.47. The summed E-state index contributed by atoms with van der Waals surface area (Å²) in [7, 11) is 0. The molecule has 3 atom stereocenters. The van der Waals surface area contributed by atoms with E-state index >= 15 is 0 Å². The molecule has 0 heterocycles. The molecule has 34 heavy (non-hydrogen) atoms. The summed E-state index contributed by atoms with van der Waals surface area (Å²) in [5.41, 5.74) is 9.47. The van der Waals surface area contributed by atoms with Crippen molar-refractivity contribution < 1.29 is 19.5 Å². The van der Waals surface area contributed by atoms with E-state index in [1.807, 2.05) is 32.0 Å². The van der Waals surface area contributed by atoms with E-state index in [2.05, 4.69) is 10.6 Å². The zero-order valence-corrected chi connectivity index (χ0v) is 19.2. The number of nitrogens with two attached hydrogens (primary N) is 1. The third kappa shape index (κ3) is 6.30. The molecule has 0 aliphatic heterocycles. The average molecular weight is 460 g/mol. The van der Waals surface area contributed by atoms with Crippen molar-refractivity contribution in [3.63, 3.8) is 0 Å². The highest BCUT2D eigenvalue weighted by Crippen LogP contribution is 2.19. The molecule has 3 amide bonds. The fourth-order valence-electron chi connectivity index (χ4n) is 3.62. The number of aryl methyl sites for hydroxylation is 2. The molecule has 0 saturated heterocycles. The standard InChI is InChI=1S/C27H29N3O4/c1-17-13-14-19(15-18(17)2)16-22(25(28)32)29-27(34)24(31)23(20-9-5-3-6-10-20)30-26(33)21-11-7-4-8-12-21/h3-15,22-24,31H,16H2,1-2H3,(H2,28,32)(H,29,34)(H,30,33)/t22-,23+,24-/m1/s1.